The van der Waals surface area contributed by atoms with E-state index in [-0.39, 0.29) is 10.9 Å². The van der Waals surface area contributed by atoms with Gasteiger partial charge in [0.25, 0.3) is 5.91 Å². The molecule has 1 aliphatic heterocycles. The number of benzene rings is 1. The van der Waals surface area contributed by atoms with Crippen LogP contribution < -0.4 is 10.2 Å². The number of carbonyl (C=O) groups excluding carboxylic acids is 2. The highest BCUT2D eigenvalue weighted by atomic mass is 35.5. The van der Waals surface area contributed by atoms with E-state index in [4.69, 9.17) is 16.9 Å². The van der Waals surface area contributed by atoms with E-state index in [2.05, 4.69) is 5.32 Å². The lowest BCUT2D eigenvalue weighted by Gasteiger charge is -2.18. The second-order valence-corrected chi connectivity index (χ2v) is 5.26. The highest BCUT2D eigenvalue weighted by molar-refractivity contribution is 6.33. The summed E-state index contributed by atoms with van der Waals surface area (Å²) in [6, 6.07) is 4.52. The molecule has 0 spiro atoms. The van der Waals surface area contributed by atoms with Crippen LogP contribution in [0.1, 0.15) is 25.0 Å². The van der Waals surface area contributed by atoms with Gasteiger partial charge in [0.15, 0.2) is 0 Å². The van der Waals surface area contributed by atoms with E-state index >= 15 is 0 Å². The van der Waals surface area contributed by atoms with Gasteiger partial charge in [0, 0.05) is 0 Å². The van der Waals surface area contributed by atoms with E-state index in [1.165, 1.54) is 6.07 Å². The summed E-state index contributed by atoms with van der Waals surface area (Å²) in [4.78, 5) is 25.2. The van der Waals surface area contributed by atoms with Gasteiger partial charge in [-0.2, -0.15) is 5.26 Å². The van der Waals surface area contributed by atoms with Crippen LogP contribution in [0, 0.1) is 18.3 Å². The van der Waals surface area contributed by atoms with Crippen LogP contribution in [0.2, 0.25) is 5.02 Å². The number of hydrogen-bond donors (Lipinski definition) is 1. The summed E-state index contributed by atoms with van der Waals surface area (Å²) < 4.78 is 0. The Morgan fingerprint density at radius 3 is 2.47 bits per heavy atom. The molecule has 19 heavy (non-hydrogen) atoms. The monoisotopic (exact) mass is 277 g/mol. The molecule has 0 atom stereocenters. The molecule has 0 radical (unpaired) electrons. The number of hydrogen-bond acceptors (Lipinski definition) is 3. The summed E-state index contributed by atoms with van der Waals surface area (Å²) in [6.45, 7) is 4.94. The molecule has 3 amide bonds. The van der Waals surface area contributed by atoms with E-state index in [9.17, 15) is 9.59 Å². The van der Waals surface area contributed by atoms with Crippen molar-refractivity contribution in [1.29, 1.82) is 5.26 Å². The number of halogens is 1. The molecule has 98 valence electrons. The van der Waals surface area contributed by atoms with Crippen LogP contribution in [0.15, 0.2) is 12.1 Å². The molecule has 1 heterocycles. The molecule has 1 aromatic rings. The molecule has 0 bridgehead atoms. The van der Waals surface area contributed by atoms with Gasteiger partial charge in [0.1, 0.15) is 11.6 Å². The molecule has 0 unspecified atom stereocenters. The third-order valence-electron chi connectivity index (χ3n) is 3.08. The molecule has 6 heteroatoms. The summed E-state index contributed by atoms with van der Waals surface area (Å²) in [5, 5.41) is 11.7. The minimum atomic E-state index is -0.941. The lowest BCUT2D eigenvalue weighted by Crippen LogP contribution is -2.40. The van der Waals surface area contributed by atoms with Crippen molar-refractivity contribution in [2.24, 2.45) is 0 Å². The Hall–Kier alpha value is -2.06. The Labute approximate surface area is 115 Å². The summed E-state index contributed by atoms with van der Waals surface area (Å²) >= 11 is 6.05. The van der Waals surface area contributed by atoms with Crippen LogP contribution >= 0.6 is 11.6 Å². The van der Waals surface area contributed by atoms with Crippen LogP contribution in [0.25, 0.3) is 0 Å². The van der Waals surface area contributed by atoms with Crippen LogP contribution in [-0.2, 0) is 4.79 Å². The van der Waals surface area contributed by atoms with Gasteiger partial charge in [-0.1, -0.05) is 11.6 Å². The van der Waals surface area contributed by atoms with Gasteiger partial charge in [0.05, 0.1) is 16.3 Å². The van der Waals surface area contributed by atoms with Crippen LogP contribution in [-0.4, -0.2) is 17.5 Å². The predicted molar refractivity (Wildman–Crippen MR) is 71.0 cm³/mol. The number of nitrogens with one attached hydrogen (secondary N) is 1. The third kappa shape index (κ3) is 1.94. The summed E-state index contributed by atoms with van der Waals surface area (Å²) in [5.74, 6) is -0.346. The fraction of sp³-hybridized carbons (Fsp3) is 0.308. The molecular formula is C13H12ClN3O2. The standard InChI is InChI=1S/C13H12ClN3O2/c1-7-9(5-4-8(6-15)10(7)14)17-11(18)13(2,3)16-12(17)19/h4-5H,1-3H3,(H,16,19). The number of amides is 3. The average molecular weight is 278 g/mol. The van der Waals surface area contributed by atoms with Gasteiger partial charge in [0.2, 0.25) is 0 Å². The summed E-state index contributed by atoms with van der Waals surface area (Å²) in [5.41, 5.74) is 0.303. The number of imide groups is 1. The molecule has 1 aliphatic rings. The minimum Gasteiger partial charge on any atom is -0.323 e. The first kappa shape index (κ1) is 13.4. The number of carbonyl (C=O) groups is 2. The Bertz CT molecular complexity index is 632. The van der Waals surface area contributed by atoms with E-state index in [1.54, 1.807) is 26.8 Å². The lowest BCUT2D eigenvalue weighted by molar-refractivity contribution is -0.121. The number of rotatable bonds is 1. The molecule has 1 aromatic carbocycles. The maximum Gasteiger partial charge on any atom is 0.329 e. The van der Waals surface area contributed by atoms with Crippen molar-refractivity contribution in [3.63, 3.8) is 0 Å². The zero-order chi connectivity index (χ0) is 14.4. The van der Waals surface area contributed by atoms with E-state index in [0.29, 0.717) is 16.8 Å². The van der Waals surface area contributed by atoms with Crippen molar-refractivity contribution in [3.8, 4) is 6.07 Å². The minimum absolute atomic E-state index is 0.255. The van der Waals surface area contributed by atoms with Crippen LogP contribution in [0.3, 0.4) is 0 Å². The summed E-state index contributed by atoms with van der Waals surface area (Å²) in [6.07, 6.45) is 0. The molecule has 1 N–H and O–H groups in total. The second kappa shape index (κ2) is 4.25. The van der Waals surface area contributed by atoms with Crippen molar-refractivity contribution in [3.05, 3.63) is 28.3 Å². The molecule has 1 fully saturated rings. The van der Waals surface area contributed by atoms with Gasteiger partial charge in [-0.25, -0.2) is 9.69 Å². The van der Waals surface area contributed by atoms with Gasteiger partial charge in [-0.3, -0.25) is 4.79 Å². The van der Waals surface area contributed by atoms with Crippen molar-refractivity contribution < 1.29 is 9.59 Å². The number of nitrogens with zero attached hydrogens (tertiary/aromatic N) is 2. The molecule has 0 saturated carbocycles. The maximum absolute atomic E-state index is 12.2. The Balaban J connectivity index is 2.56. The fourth-order valence-corrected chi connectivity index (χ4v) is 2.17. The Morgan fingerprint density at radius 1 is 1.37 bits per heavy atom. The average Bonchev–Trinajstić information content (AvgIpc) is 2.53. The van der Waals surface area contributed by atoms with Crippen molar-refractivity contribution in [2.45, 2.75) is 26.3 Å². The lowest BCUT2D eigenvalue weighted by atomic mass is 10.1. The van der Waals surface area contributed by atoms with E-state index in [0.717, 1.165) is 4.90 Å². The normalized spacial score (nSPS) is 17.3. The van der Waals surface area contributed by atoms with Gasteiger partial charge in [-0.15, -0.1) is 0 Å². The first-order chi connectivity index (χ1) is 8.79. The summed E-state index contributed by atoms with van der Waals surface area (Å²) in [7, 11) is 0. The molecular weight excluding hydrogens is 266 g/mol. The number of nitriles is 1. The van der Waals surface area contributed by atoms with Crippen LogP contribution in [0.5, 0.6) is 0 Å². The van der Waals surface area contributed by atoms with E-state index in [1.807, 2.05) is 6.07 Å². The molecule has 0 aromatic heterocycles. The largest absolute Gasteiger partial charge is 0.329 e. The van der Waals surface area contributed by atoms with E-state index < -0.39 is 11.6 Å². The first-order valence-electron chi connectivity index (χ1n) is 5.65. The fourth-order valence-electron chi connectivity index (χ4n) is 1.97. The molecule has 0 aliphatic carbocycles. The zero-order valence-electron chi connectivity index (χ0n) is 10.7. The van der Waals surface area contributed by atoms with Gasteiger partial charge < -0.3 is 5.32 Å². The second-order valence-electron chi connectivity index (χ2n) is 4.88. The zero-order valence-corrected chi connectivity index (χ0v) is 11.5. The van der Waals surface area contributed by atoms with Gasteiger partial charge in [-0.05, 0) is 38.5 Å². The highest BCUT2D eigenvalue weighted by Gasteiger charge is 2.45. The molecule has 1 saturated heterocycles. The quantitative estimate of drug-likeness (QED) is 0.801. The number of urea groups is 1. The topological polar surface area (TPSA) is 73.2 Å². The van der Waals surface area contributed by atoms with Crippen molar-refractivity contribution >= 4 is 29.2 Å². The van der Waals surface area contributed by atoms with Gasteiger partial charge >= 0.3 is 6.03 Å². The SMILES string of the molecule is Cc1c(N2C(=O)NC(C)(C)C2=O)ccc(C#N)c1Cl. The third-order valence-corrected chi connectivity index (χ3v) is 3.57. The maximum atomic E-state index is 12.2. The van der Waals surface area contributed by atoms with Crippen molar-refractivity contribution in [2.75, 3.05) is 4.90 Å². The highest BCUT2D eigenvalue weighted by Crippen LogP contribution is 2.33. The Morgan fingerprint density at radius 2 is 2.00 bits per heavy atom. The Kier molecular flexibility index (Phi) is 2.99. The molecule has 2 rings (SSSR count). The smallest absolute Gasteiger partial charge is 0.323 e. The van der Waals surface area contributed by atoms with Crippen molar-refractivity contribution in [1.82, 2.24) is 5.32 Å². The first-order valence-corrected chi connectivity index (χ1v) is 6.03. The molecule has 5 nitrogen and oxygen atoms in total. The number of anilines is 1. The predicted octanol–water partition coefficient (Wildman–Crippen LogP) is 2.35. The van der Waals surface area contributed by atoms with Crippen LogP contribution in [0.4, 0.5) is 10.5 Å².